The van der Waals surface area contributed by atoms with E-state index in [1.54, 1.807) is 7.11 Å². The molecule has 114 valence electrons. The van der Waals surface area contributed by atoms with E-state index in [-0.39, 0.29) is 17.5 Å². The molecule has 1 aliphatic rings. The van der Waals surface area contributed by atoms with Gasteiger partial charge in [-0.2, -0.15) is 0 Å². The number of benzene rings is 2. The lowest BCUT2D eigenvalue weighted by molar-refractivity contribution is -0.483. The van der Waals surface area contributed by atoms with Crippen molar-refractivity contribution in [1.29, 1.82) is 0 Å². The Kier molecular flexibility index (Phi) is 3.96. The molecule has 0 aliphatic carbocycles. The Morgan fingerprint density at radius 1 is 1.27 bits per heavy atom. The number of nitrogens with zero attached hydrogens (tertiary/aromatic N) is 2. The zero-order chi connectivity index (χ0) is 15.5. The summed E-state index contributed by atoms with van der Waals surface area (Å²) in [5.74, 6) is 0.738. The molecule has 2 aromatic rings. The van der Waals surface area contributed by atoms with Crippen LogP contribution in [0.5, 0.6) is 5.75 Å². The van der Waals surface area contributed by atoms with Crippen molar-refractivity contribution in [2.75, 3.05) is 25.1 Å². The Morgan fingerprint density at radius 2 is 2.05 bits per heavy atom. The number of hydrogen-bond acceptors (Lipinski definition) is 4. The molecule has 0 saturated heterocycles. The molecule has 22 heavy (non-hydrogen) atoms. The Labute approximate surface area is 129 Å². The molecular weight excluding hydrogens is 280 g/mol. The molecule has 1 atom stereocenters. The predicted octanol–water partition coefficient (Wildman–Crippen LogP) is 3.08. The second kappa shape index (κ2) is 6.05. The second-order valence-electron chi connectivity index (χ2n) is 5.37. The summed E-state index contributed by atoms with van der Waals surface area (Å²) in [5.41, 5.74) is 3.17. The van der Waals surface area contributed by atoms with E-state index in [1.165, 1.54) is 5.56 Å². The summed E-state index contributed by atoms with van der Waals surface area (Å²) in [5, 5.41) is 11.2. The van der Waals surface area contributed by atoms with E-state index in [4.69, 9.17) is 4.74 Å². The van der Waals surface area contributed by atoms with Gasteiger partial charge in [0.15, 0.2) is 0 Å². The minimum Gasteiger partial charge on any atom is -0.497 e. The van der Waals surface area contributed by atoms with Gasteiger partial charge in [-0.25, -0.2) is 0 Å². The third-order valence-electron chi connectivity index (χ3n) is 4.12. The molecule has 5 heteroatoms. The Hall–Kier alpha value is -2.56. The van der Waals surface area contributed by atoms with Crippen LogP contribution in [0.15, 0.2) is 48.5 Å². The highest BCUT2D eigenvalue weighted by atomic mass is 16.6. The Balaban J connectivity index is 2.03. The minimum absolute atomic E-state index is 0.116. The smallest absolute Gasteiger partial charge is 0.228 e. The van der Waals surface area contributed by atoms with Gasteiger partial charge in [-0.15, -0.1) is 0 Å². The topological polar surface area (TPSA) is 55.6 Å². The fraction of sp³-hybridized carbons (Fsp3) is 0.294. The molecule has 0 aromatic heterocycles. The third-order valence-corrected chi connectivity index (χ3v) is 4.12. The van der Waals surface area contributed by atoms with Crippen molar-refractivity contribution in [1.82, 2.24) is 0 Å². The molecule has 0 fully saturated rings. The monoisotopic (exact) mass is 298 g/mol. The van der Waals surface area contributed by atoms with Gasteiger partial charge < -0.3 is 9.64 Å². The highest BCUT2D eigenvalue weighted by Crippen LogP contribution is 2.35. The van der Waals surface area contributed by atoms with Crippen molar-refractivity contribution < 1.29 is 9.66 Å². The molecular formula is C17H18N2O3. The summed E-state index contributed by atoms with van der Waals surface area (Å²) in [6.45, 7) is 0.664. The molecule has 2 aromatic carbocycles. The van der Waals surface area contributed by atoms with Crippen LogP contribution >= 0.6 is 0 Å². The lowest BCUT2D eigenvalue weighted by Crippen LogP contribution is -2.39. The third kappa shape index (κ3) is 2.74. The van der Waals surface area contributed by atoms with Gasteiger partial charge in [0.05, 0.1) is 7.11 Å². The standard InChI is InChI=1S/C17H18N2O3/c1-22-15-8-7-13-9-10-18(14-5-3-2-4-6-14)17(12-19(20)21)16(13)11-15/h2-8,11,17H,9-10,12H2,1H3. The van der Waals surface area contributed by atoms with Crippen molar-refractivity contribution in [3.05, 3.63) is 69.8 Å². The fourth-order valence-corrected chi connectivity index (χ4v) is 3.07. The predicted molar refractivity (Wildman–Crippen MR) is 85.1 cm³/mol. The number of methoxy groups -OCH3 is 1. The lowest BCUT2D eigenvalue weighted by Gasteiger charge is -2.37. The van der Waals surface area contributed by atoms with Gasteiger partial charge in [-0.3, -0.25) is 10.1 Å². The number of para-hydroxylation sites is 1. The van der Waals surface area contributed by atoms with E-state index in [0.29, 0.717) is 0 Å². The number of fused-ring (bicyclic) bond motifs is 1. The van der Waals surface area contributed by atoms with Crippen LogP contribution in [0.2, 0.25) is 0 Å². The Bertz CT molecular complexity index is 673. The molecule has 0 N–H and O–H groups in total. The molecule has 0 radical (unpaired) electrons. The zero-order valence-corrected chi connectivity index (χ0v) is 12.4. The van der Waals surface area contributed by atoms with E-state index >= 15 is 0 Å². The van der Waals surface area contributed by atoms with E-state index in [1.807, 2.05) is 48.5 Å². The number of hydrogen-bond donors (Lipinski definition) is 0. The van der Waals surface area contributed by atoms with Gasteiger partial charge in [0.25, 0.3) is 0 Å². The Morgan fingerprint density at radius 3 is 2.73 bits per heavy atom. The van der Waals surface area contributed by atoms with Gasteiger partial charge in [-0.05, 0) is 41.8 Å². The first-order chi connectivity index (χ1) is 10.7. The maximum atomic E-state index is 11.2. The summed E-state index contributed by atoms with van der Waals surface area (Å²) in [6, 6.07) is 15.5. The average molecular weight is 298 g/mol. The second-order valence-corrected chi connectivity index (χ2v) is 5.37. The summed E-state index contributed by atoms with van der Waals surface area (Å²) in [4.78, 5) is 13.0. The van der Waals surface area contributed by atoms with E-state index in [0.717, 1.165) is 30.0 Å². The lowest BCUT2D eigenvalue weighted by atomic mass is 9.91. The van der Waals surface area contributed by atoms with Gasteiger partial charge >= 0.3 is 0 Å². The highest BCUT2D eigenvalue weighted by Gasteiger charge is 2.31. The van der Waals surface area contributed by atoms with E-state index in [9.17, 15) is 10.1 Å². The summed E-state index contributed by atoms with van der Waals surface area (Å²) in [7, 11) is 1.61. The van der Waals surface area contributed by atoms with Crippen LogP contribution in [0.4, 0.5) is 5.69 Å². The molecule has 0 bridgehead atoms. The summed E-state index contributed by atoms with van der Waals surface area (Å²) in [6.07, 6.45) is 0.877. The van der Waals surface area contributed by atoms with Gasteiger partial charge in [0.1, 0.15) is 11.8 Å². The maximum absolute atomic E-state index is 11.2. The molecule has 3 rings (SSSR count). The maximum Gasteiger partial charge on any atom is 0.228 e. The van der Waals surface area contributed by atoms with Crippen molar-refractivity contribution in [3.8, 4) is 5.75 Å². The average Bonchev–Trinajstić information content (AvgIpc) is 2.55. The van der Waals surface area contributed by atoms with Gasteiger partial charge in [0, 0.05) is 17.2 Å². The quantitative estimate of drug-likeness (QED) is 0.643. The summed E-state index contributed by atoms with van der Waals surface area (Å²) < 4.78 is 5.29. The first-order valence-electron chi connectivity index (χ1n) is 7.29. The first-order valence-corrected chi connectivity index (χ1v) is 7.29. The van der Waals surface area contributed by atoms with Crippen LogP contribution < -0.4 is 9.64 Å². The molecule has 1 unspecified atom stereocenters. The largest absolute Gasteiger partial charge is 0.497 e. The number of ether oxygens (including phenoxy) is 1. The molecule has 0 amide bonds. The molecule has 5 nitrogen and oxygen atoms in total. The van der Waals surface area contributed by atoms with Crippen LogP contribution in [0.3, 0.4) is 0 Å². The molecule has 0 spiro atoms. The molecule has 1 heterocycles. The van der Waals surface area contributed by atoms with E-state index in [2.05, 4.69) is 4.90 Å². The van der Waals surface area contributed by atoms with Crippen LogP contribution in [0, 0.1) is 10.1 Å². The number of nitro groups is 1. The molecule has 1 aliphatic heterocycles. The van der Waals surface area contributed by atoms with Gasteiger partial charge in [-0.1, -0.05) is 24.3 Å². The van der Waals surface area contributed by atoms with Crippen LogP contribution in [-0.2, 0) is 6.42 Å². The van der Waals surface area contributed by atoms with Gasteiger partial charge in [0.2, 0.25) is 6.54 Å². The first kappa shape index (κ1) is 14.4. The SMILES string of the molecule is COc1ccc2c(c1)C(C[N+](=O)[O-])N(c1ccccc1)CC2. The van der Waals surface area contributed by atoms with Crippen molar-refractivity contribution in [3.63, 3.8) is 0 Å². The molecule has 0 saturated carbocycles. The number of anilines is 1. The zero-order valence-electron chi connectivity index (χ0n) is 12.4. The van der Waals surface area contributed by atoms with Crippen molar-refractivity contribution in [2.24, 2.45) is 0 Å². The summed E-state index contributed by atoms with van der Waals surface area (Å²) >= 11 is 0. The van der Waals surface area contributed by atoms with E-state index < -0.39 is 0 Å². The minimum atomic E-state index is -0.267. The van der Waals surface area contributed by atoms with Crippen LogP contribution in [0.1, 0.15) is 17.2 Å². The van der Waals surface area contributed by atoms with Crippen molar-refractivity contribution >= 4 is 5.69 Å². The van der Waals surface area contributed by atoms with Crippen LogP contribution in [0.25, 0.3) is 0 Å². The normalized spacial score (nSPS) is 17.0. The van der Waals surface area contributed by atoms with Crippen LogP contribution in [-0.4, -0.2) is 25.1 Å². The van der Waals surface area contributed by atoms with Crippen molar-refractivity contribution in [2.45, 2.75) is 12.5 Å². The number of rotatable bonds is 4. The highest BCUT2D eigenvalue weighted by molar-refractivity contribution is 5.53. The fourth-order valence-electron chi connectivity index (χ4n) is 3.07.